The quantitative estimate of drug-likeness (QED) is 0.902. The zero-order valence-corrected chi connectivity index (χ0v) is 10.9. The van der Waals surface area contributed by atoms with E-state index in [0.717, 1.165) is 4.88 Å². The maximum atomic E-state index is 9.84. The molecule has 0 aliphatic rings. The molecule has 5 heteroatoms. The van der Waals surface area contributed by atoms with Crippen LogP contribution in [0.3, 0.4) is 0 Å². The number of hydrogen-bond donors (Lipinski definition) is 2. The molecule has 0 unspecified atom stereocenters. The fraction of sp³-hybridized carbons (Fsp3) is 0.167. The van der Waals surface area contributed by atoms with Gasteiger partial charge < -0.3 is 15.6 Å². The largest absolute Gasteiger partial charge is 0.507 e. The van der Waals surface area contributed by atoms with Gasteiger partial charge in [0.1, 0.15) is 11.5 Å². The monoisotopic (exact) mass is 271 g/mol. The van der Waals surface area contributed by atoms with E-state index in [1.165, 1.54) is 0 Å². The zero-order chi connectivity index (χ0) is 11.5. The topological polar surface area (TPSA) is 55.5 Å². The molecule has 3 N–H and O–H groups in total. The number of methoxy groups -OCH3 is 1. The van der Waals surface area contributed by atoms with Crippen molar-refractivity contribution in [3.63, 3.8) is 0 Å². The van der Waals surface area contributed by atoms with E-state index in [0.29, 0.717) is 11.3 Å². The lowest BCUT2D eigenvalue weighted by molar-refractivity contribution is 0.397. The van der Waals surface area contributed by atoms with E-state index in [1.54, 1.807) is 36.6 Å². The number of hydrogen-bond acceptors (Lipinski definition) is 4. The molecule has 0 aliphatic heterocycles. The van der Waals surface area contributed by atoms with Gasteiger partial charge in [0.2, 0.25) is 0 Å². The Morgan fingerprint density at radius 3 is 2.65 bits per heavy atom. The molecular formula is C12H14ClNO2S. The minimum absolute atomic E-state index is 0. The van der Waals surface area contributed by atoms with E-state index in [4.69, 9.17) is 10.5 Å². The van der Waals surface area contributed by atoms with Crippen LogP contribution in [-0.4, -0.2) is 12.2 Å². The number of rotatable bonds is 3. The first-order valence-corrected chi connectivity index (χ1v) is 5.77. The lowest BCUT2D eigenvalue weighted by Gasteiger charge is -2.15. The van der Waals surface area contributed by atoms with Gasteiger partial charge in [0.15, 0.2) is 0 Å². The van der Waals surface area contributed by atoms with Crippen LogP contribution in [0.1, 0.15) is 16.5 Å². The number of phenolic OH excluding ortho intramolecular Hbond substituents is 1. The van der Waals surface area contributed by atoms with Crippen LogP contribution in [0.5, 0.6) is 11.5 Å². The lowest BCUT2D eigenvalue weighted by Crippen LogP contribution is -2.11. The number of benzene rings is 1. The summed E-state index contributed by atoms with van der Waals surface area (Å²) in [5.74, 6) is 0.779. The molecule has 3 nitrogen and oxygen atoms in total. The Balaban J connectivity index is 0.00000144. The molecule has 0 bridgehead atoms. The molecular weight excluding hydrogens is 258 g/mol. The molecule has 2 rings (SSSR count). The van der Waals surface area contributed by atoms with E-state index in [1.807, 2.05) is 17.5 Å². The molecule has 92 valence electrons. The highest BCUT2D eigenvalue weighted by Crippen LogP contribution is 2.36. The van der Waals surface area contributed by atoms with E-state index < -0.39 is 0 Å². The Hall–Kier alpha value is -1.23. The summed E-state index contributed by atoms with van der Waals surface area (Å²) in [7, 11) is 1.57. The van der Waals surface area contributed by atoms with Gasteiger partial charge >= 0.3 is 0 Å². The fourth-order valence-corrected chi connectivity index (χ4v) is 2.37. The number of ether oxygens (including phenoxy) is 1. The summed E-state index contributed by atoms with van der Waals surface area (Å²) in [5, 5.41) is 11.8. The van der Waals surface area contributed by atoms with Gasteiger partial charge in [-0.25, -0.2) is 0 Å². The molecule has 1 aromatic heterocycles. The SMILES string of the molecule is COc1cccc(O)c1[C@@H](N)c1cccs1.Cl. The molecule has 1 atom stereocenters. The molecule has 1 heterocycles. The summed E-state index contributed by atoms with van der Waals surface area (Å²) < 4.78 is 5.21. The second-order valence-electron chi connectivity index (χ2n) is 3.39. The van der Waals surface area contributed by atoms with E-state index in [2.05, 4.69) is 0 Å². The maximum absolute atomic E-state index is 9.84. The number of aromatic hydroxyl groups is 1. The minimum Gasteiger partial charge on any atom is -0.507 e. The molecule has 0 amide bonds. The van der Waals surface area contributed by atoms with Crippen LogP contribution in [0, 0.1) is 0 Å². The molecule has 2 aromatic rings. The van der Waals surface area contributed by atoms with Crippen LogP contribution in [-0.2, 0) is 0 Å². The van der Waals surface area contributed by atoms with Crippen molar-refractivity contribution < 1.29 is 9.84 Å². The molecule has 0 saturated carbocycles. The van der Waals surface area contributed by atoms with Gasteiger partial charge in [-0.1, -0.05) is 12.1 Å². The standard InChI is InChI=1S/C12H13NO2S.ClH/c1-15-9-5-2-4-8(14)11(9)12(13)10-6-3-7-16-10;/h2-7,12,14H,13H2,1H3;1H/t12-;/m0./s1. The predicted molar refractivity (Wildman–Crippen MR) is 72.3 cm³/mol. The molecule has 0 fully saturated rings. The predicted octanol–water partition coefficient (Wildman–Crippen LogP) is 2.93. The first kappa shape index (κ1) is 13.8. The van der Waals surface area contributed by atoms with E-state index in [9.17, 15) is 5.11 Å². The van der Waals surface area contributed by atoms with Crippen molar-refractivity contribution in [1.29, 1.82) is 0 Å². The molecule has 0 aliphatic carbocycles. The Morgan fingerprint density at radius 1 is 1.29 bits per heavy atom. The van der Waals surface area contributed by atoms with Gasteiger partial charge in [0, 0.05) is 4.88 Å². The highest BCUT2D eigenvalue weighted by Gasteiger charge is 2.18. The van der Waals surface area contributed by atoms with Crippen LogP contribution in [0.15, 0.2) is 35.7 Å². The van der Waals surface area contributed by atoms with Crippen molar-refractivity contribution in [1.82, 2.24) is 0 Å². The van der Waals surface area contributed by atoms with Gasteiger partial charge in [-0.2, -0.15) is 0 Å². The third-order valence-corrected chi connectivity index (χ3v) is 3.38. The molecule has 0 radical (unpaired) electrons. The number of thiophene rings is 1. The number of nitrogens with two attached hydrogens (primary N) is 1. The van der Waals surface area contributed by atoms with E-state index in [-0.39, 0.29) is 24.2 Å². The minimum atomic E-state index is -0.351. The first-order valence-electron chi connectivity index (χ1n) is 4.89. The number of phenols is 1. The maximum Gasteiger partial charge on any atom is 0.127 e. The summed E-state index contributed by atoms with van der Waals surface area (Å²) in [5.41, 5.74) is 6.74. The summed E-state index contributed by atoms with van der Waals surface area (Å²) in [4.78, 5) is 1.000. The van der Waals surface area contributed by atoms with Crippen molar-refractivity contribution in [3.05, 3.63) is 46.2 Å². The average molecular weight is 272 g/mol. The molecule has 0 spiro atoms. The van der Waals surface area contributed by atoms with Crippen LogP contribution in [0.2, 0.25) is 0 Å². The first-order chi connectivity index (χ1) is 7.74. The average Bonchev–Trinajstić information content (AvgIpc) is 2.81. The van der Waals surface area contributed by atoms with Gasteiger partial charge in [-0.05, 0) is 23.6 Å². The number of halogens is 1. The fourth-order valence-electron chi connectivity index (χ4n) is 1.63. The normalized spacial score (nSPS) is 11.6. The third kappa shape index (κ3) is 2.72. The molecule has 1 aromatic carbocycles. The van der Waals surface area contributed by atoms with Gasteiger partial charge in [-0.3, -0.25) is 0 Å². The Morgan fingerprint density at radius 2 is 2.06 bits per heavy atom. The van der Waals surface area contributed by atoms with Crippen molar-refractivity contribution in [3.8, 4) is 11.5 Å². The summed E-state index contributed by atoms with van der Waals surface area (Å²) >= 11 is 1.56. The summed E-state index contributed by atoms with van der Waals surface area (Å²) in [6.45, 7) is 0. The molecule has 17 heavy (non-hydrogen) atoms. The second-order valence-corrected chi connectivity index (χ2v) is 4.37. The zero-order valence-electron chi connectivity index (χ0n) is 9.29. The Kier molecular flexibility index (Phi) is 4.81. The Bertz CT molecular complexity index is 473. The Labute approximate surface area is 110 Å². The van der Waals surface area contributed by atoms with Crippen molar-refractivity contribution in [2.45, 2.75) is 6.04 Å². The summed E-state index contributed by atoms with van der Waals surface area (Å²) in [6.07, 6.45) is 0. The van der Waals surface area contributed by atoms with E-state index >= 15 is 0 Å². The van der Waals surface area contributed by atoms with Gasteiger partial charge in [0.05, 0.1) is 18.7 Å². The van der Waals surface area contributed by atoms with Crippen molar-refractivity contribution >= 4 is 23.7 Å². The van der Waals surface area contributed by atoms with Crippen molar-refractivity contribution in [2.75, 3.05) is 7.11 Å². The smallest absolute Gasteiger partial charge is 0.127 e. The van der Waals surface area contributed by atoms with Crippen LogP contribution < -0.4 is 10.5 Å². The highest BCUT2D eigenvalue weighted by molar-refractivity contribution is 7.10. The lowest BCUT2D eigenvalue weighted by atomic mass is 10.0. The second kappa shape index (κ2) is 5.91. The molecule has 0 saturated heterocycles. The van der Waals surface area contributed by atoms with Crippen LogP contribution in [0.4, 0.5) is 0 Å². The van der Waals surface area contributed by atoms with Crippen LogP contribution in [0.25, 0.3) is 0 Å². The van der Waals surface area contributed by atoms with Gasteiger partial charge in [-0.15, -0.1) is 23.7 Å². The summed E-state index contributed by atoms with van der Waals surface area (Å²) in [6, 6.07) is 8.68. The highest BCUT2D eigenvalue weighted by atomic mass is 35.5. The van der Waals surface area contributed by atoms with Crippen LogP contribution >= 0.6 is 23.7 Å². The van der Waals surface area contributed by atoms with Gasteiger partial charge in [0.25, 0.3) is 0 Å². The van der Waals surface area contributed by atoms with Crippen molar-refractivity contribution in [2.24, 2.45) is 5.73 Å². The third-order valence-electron chi connectivity index (χ3n) is 2.42.